The van der Waals surface area contributed by atoms with Crippen molar-refractivity contribution in [3.63, 3.8) is 0 Å². The molecular weight excluding hydrogens is 242 g/mol. The second-order valence-corrected chi connectivity index (χ2v) is 6.37. The van der Waals surface area contributed by atoms with E-state index < -0.39 is 5.92 Å². The summed E-state index contributed by atoms with van der Waals surface area (Å²) in [5, 5.41) is 0. The Morgan fingerprint density at radius 1 is 0.789 bits per heavy atom. The largest absolute Gasteiger partial charge is 0.255 e. The molecule has 0 N–H and O–H groups in total. The van der Waals surface area contributed by atoms with E-state index in [2.05, 4.69) is 27.7 Å². The Bertz CT molecular complexity index is 250. The van der Waals surface area contributed by atoms with E-state index in [0.29, 0.717) is 0 Å². The molecule has 114 valence electrons. The summed E-state index contributed by atoms with van der Waals surface area (Å²) in [5.41, 5.74) is 0. The van der Waals surface area contributed by atoms with Crippen molar-refractivity contribution < 1.29 is 8.78 Å². The molecule has 0 amide bonds. The van der Waals surface area contributed by atoms with Gasteiger partial charge in [0, 0.05) is 11.8 Å². The molecule has 0 nitrogen and oxygen atoms in total. The Morgan fingerprint density at radius 2 is 1.32 bits per heavy atom. The van der Waals surface area contributed by atoms with Gasteiger partial charge in [-0.15, -0.1) is 0 Å². The first-order chi connectivity index (χ1) is 9.04. The minimum absolute atomic E-state index is 0.242. The van der Waals surface area contributed by atoms with Gasteiger partial charge in [-0.25, -0.2) is 8.78 Å². The summed E-state index contributed by atoms with van der Waals surface area (Å²) in [7, 11) is 0. The second kappa shape index (κ2) is 7.59. The number of unbranched alkanes of at least 4 members (excludes halogenated alkanes) is 1. The highest BCUT2D eigenvalue weighted by Crippen LogP contribution is 2.64. The highest BCUT2D eigenvalue weighted by molar-refractivity contribution is 5.10. The van der Waals surface area contributed by atoms with Crippen LogP contribution >= 0.6 is 0 Å². The SMILES string of the molecule is CCCCC(CCC)C1C(C(CC)CCC)C1(F)F. The summed E-state index contributed by atoms with van der Waals surface area (Å²) in [6.07, 6.45) is 8.17. The van der Waals surface area contributed by atoms with Crippen LogP contribution < -0.4 is 0 Å². The smallest absolute Gasteiger partial charge is 0.206 e. The lowest BCUT2D eigenvalue weighted by Gasteiger charge is -2.17. The third kappa shape index (κ3) is 3.92. The minimum atomic E-state index is -2.37. The Morgan fingerprint density at radius 3 is 1.79 bits per heavy atom. The first-order valence-electron chi connectivity index (χ1n) is 8.42. The molecule has 0 heterocycles. The molecule has 1 aliphatic carbocycles. The lowest BCUT2D eigenvalue weighted by atomic mass is 9.86. The zero-order valence-corrected chi connectivity index (χ0v) is 13.2. The predicted molar refractivity (Wildman–Crippen MR) is 78.5 cm³/mol. The Hall–Kier alpha value is -0.140. The molecule has 0 bridgehead atoms. The number of rotatable bonds is 10. The second-order valence-electron chi connectivity index (χ2n) is 6.37. The van der Waals surface area contributed by atoms with Gasteiger partial charge in [0.25, 0.3) is 5.92 Å². The monoisotopic (exact) mass is 274 g/mol. The molecule has 4 unspecified atom stereocenters. The molecule has 1 rings (SSSR count). The molecule has 4 atom stereocenters. The van der Waals surface area contributed by atoms with Crippen molar-refractivity contribution in [1.82, 2.24) is 0 Å². The van der Waals surface area contributed by atoms with Crippen molar-refractivity contribution in [3.05, 3.63) is 0 Å². The normalized spacial score (nSPS) is 28.1. The van der Waals surface area contributed by atoms with Gasteiger partial charge >= 0.3 is 0 Å². The van der Waals surface area contributed by atoms with Gasteiger partial charge in [-0.05, 0) is 18.3 Å². The van der Waals surface area contributed by atoms with Crippen LogP contribution in [-0.4, -0.2) is 5.92 Å². The Kier molecular flexibility index (Phi) is 6.76. The van der Waals surface area contributed by atoms with Crippen LogP contribution in [0.4, 0.5) is 8.78 Å². The van der Waals surface area contributed by atoms with Crippen molar-refractivity contribution >= 4 is 0 Å². The lowest BCUT2D eigenvalue weighted by Crippen LogP contribution is -2.09. The van der Waals surface area contributed by atoms with E-state index in [1.165, 1.54) is 0 Å². The average molecular weight is 274 g/mol. The lowest BCUT2D eigenvalue weighted by molar-refractivity contribution is 0.0625. The van der Waals surface area contributed by atoms with E-state index >= 15 is 0 Å². The maximum atomic E-state index is 14.2. The molecule has 0 saturated heterocycles. The molecule has 1 fully saturated rings. The van der Waals surface area contributed by atoms with Gasteiger partial charge in [0.1, 0.15) is 0 Å². The van der Waals surface area contributed by atoms with E-state index in [1.54, 1.807) is 0 Å². The standard InChI is InChI=1S/C17H32F2/c1-5-9-12-14(11-7-3)16-15(17(16,18)19)13(8-4)10-6-2/h13-16H,5-12H2,1-4H3. The third-order valence-corrected chi connectivity index (χ3v) is 4.95. The summed E-state index contributed by atoms with van der Waals surface area (Å²) in [6.45, 7) is 8.46. The zero-order valence-electron chi connectivity index (χ0n) is 13.2. The van der Waals surface area contributed by atoms with Crippen LogP contribution in [0.25, 0.3) is 0 Å². The summed E-state index contributed by atoms with van der Waals surface area (Å²) >= 11 is 0. The average Bonchev–Trinajstić information content (AvgIpc) is 2.94. The van der Waals surface area contributed by atoms with Crippen LogP contribution in [-0.2, 0) is 0 Å². The van der Waals surface area contributed by atoms with Crippen molar-refractivity contribution in [2.75, 3.05) is 0 Å². The molecule has 0 radical (unpaired) electrons. The molecule has 0 aromatic carbocycles. The Balaban J connectivity index is 2.68. The van der Waals surface area contributed by atoms with Crippen molar-refractivity contribution in [2.24, 2.45) is 23.7 Å². The zero-order chi connectivity index (χ0) is 14.5. The molecule has 1 aliphatic rings. The van der Waals surface area contributed by atoms with Gasteiger partial charge in [-0.3, -0.25) is 0 Å². The fraction of sp³-hybridized carbons (Fsp3) is 1.00. The first-order valence-corrected chi connectivity index (χ1v) is 8.42. The van der Waals surface area contributed by atoms with Crippen molar-refractivity contribution in [3.8, 4) is 0 Å². The fourth-order valence-electron chi connectivity index (χ4n) is 3.94. The van der Waals surface area contributed by atoms with Gasteiger partial charge in [-0.1, -0.05) is 72.6 Å². The maximum Gasteiger partial charge on any atom is 0.255 e. The number of hydrogen-bond acceptors (Lipinski definition) is 0. The van der Waals surface area contributed by atoms with E-state index in [-0.39, 0.29) is 23.7 Å². The highest BCUT2D eigenvalue weighted by Gasteiger charge is 2.71. The van der Waals surface area contributed by atoms with Gasteiger partial charge in [0.05, 0.1) is 0 Å². The predicted octanol–water partition coefficient (Wildman–Crippen LogP) is 6.30. The number of alkyl halides is 2. The minimum Gasteiger partial charge on any atom is -0.206 e. The van der Waals surface area contributed by atoms with Crippen LogP contribution in [0.3, 0.4) is 0 Å². The van der Waals surface area contributed by atoms with Gasteiger partial charge in [0.2, 0.25) is 0 Å². The summed E-state index contributed by atoms with van der Waals surface area (Å²) < 4.78 is 28.4. The molecular formula is C17H32F2. The topological polar surface area (TPSA) is 0 Å². The molecule has 1 saturated carbocycles. The van der Waals surface area contributed by atoms with E-state index in [1.807, 2.05) is 0 Å². The molecule has 0 aromatic heterocycles. The Labute approximate surface area is 118 Å². The fourth-order valence-corrected chi connectivity index (χ4v) is 3.94. The van der Waals surface area contributed by atoms with Gasteiger partial charge in [-0.2, -0.15) is 0 Å². The van der Waals surface area contributed by atoms with E-state index in [4.69, 9.17) is 0 Å². The van der Waals surface area contributed by atoms with Crippen LogP contribution in [0, 0.1) is 23.7 Å². The number of hydrogen-bond donors (Lipinski definition) is 0. The molecule has 0 spiro atoms. The molecule has 0 aliphatic heterocycles. The van der Waals surface area contributed by atoms with E-state index in [0.717, 1.165) is 51.4 Å². The summed E-state index contributed by atoms with van der Waals surface area (Å²) in [6, 6.07) is 0. The quantitative estimate of drug-likeness (QED) is 0.438. The summed E-state index contributed by atoms with van der Waals surface area (Å²) in [5.74, 6) is -2.49. The maximum absolute atomic E-state index is 14.2. The van der Waals surface area contributed by atoms with Crippen molar-refractivity contribution in [1.29, 1.82) is 0 Å². The van der Waals surface area contributed by atoms with Crippen molar-refractivity contribution in [2.45, 2.75) is 85.0 Å². The van der Waals surface area contributed by atoms with E-state index in [9.17, 15) is 8.78 Å². The van der Waals surface area contributed by atoms with Gasteiger partial charge < -0.3 is 0 Å². The molecule has 2 heteroatoms. The van der Waals surface area contributed by atoms with Crippen LogP contribution in [0.15, 0.2) is 0 Å². The third-order valence-electron chi connectivity index (χ3n) is 4.95. The van der Waals surface area contributed by atoms with Crippen LogP contribution in [0.2, 0.25) is 0 Å². The van der Waals surface area contributed by atoms with Crippen LogP contribution in [0.5, 0.6) is 0 Å². The van der Waals surface area contributed by atoms with Gasteiger partial charge in [0.15, 0.2) is 0 Å². The molecule has 0 aromatic rings. The highest BCUT2D eigenvalue weighted by atomic mass is 19.3. The first kappa shape index (κ1) is 16.9. The van der Waals surface area contributed by atoms with Crippen LogP contribution in [0.1, 0.15) is 79.1 Å². The summed E-state index contributed by atoms with van der Waals surface area (Å²) in [4.78, 5) is 0. The molecule has 19 heavy (non-hydrogen) atoms. The number of halogens is 2.